The van der Waals surface area contributed by atoms with Crippen molar-refractivity contribution in [3.05, 3.63) is 10.9 Å². The number of nitrogens with zero attached hydrogens (tertiary/aromatic N) is 1. The third-order valence-electron chi connectivity index (χ3n) is 0.890. The van der Waals surface area contributed by atoms with Crippen LogP contribution in [-0.4, -0.2) is 11.0 Å². The average molecular weight is 205 g/mol. The van der Waals surface area contributed by atoms with Crippen LogP contribution < -0.4 is 5.32 Å². The summed E-state index contributed by atoms with van der Waals surface area (Å²) in [6.07, 6.45) is 1.62. The topological polar surface area (TPSA) is 38.1 Å². The summed E-state index contributed by atoms with van der Waals surface area (Å²) in [6.45, 7) is 4.05. The number of anilines is 1. The third-order valence-corrected chi connectivity index (χ3v) is 1.26. The van der Waals surface area contributed by atoms with Gasteiger partial charge in [0.15, 0.2) is 4.67 Å². The van der Waals surface area contributed by atoms with E-state index in [1.54, 1.807) is 6.20 Å². The summed E-state index contributed by atoms with van der Waals surface area (Å²) < 4.78 is 5.74. The lowest BCUT2D eigenvalue weighted by Gasteiger charge is -2.02. The molecule has 10 heavy (non-hydrogen) atoms. The summed E-state index contributed by atoms with van der Waals surface area (Å²) in [4.78, 5) is 3.93. The minimum absolute atomic E-state index is 0.352. The van der Waals surface area contributed by atoms with Crippen LogP contribution in [0.5, 0.6) is 0 Å². The number of nitrogens with one attached hydrogen (secondary N) is 1. The Kier molecular flexibility index (Phi) is 2.32. The van der Waals surface area contributed by atoms with Crippen LogP contribution in [0.3, 0.4) is 0 Å². The van der Waals surface area contributed by atoms with Crippen LogP contribution in [0.1, 0.15) is 13.8 Å². The Morgan fingerprint density at radius 1 is 1.70 bits per heavy atom. The summed E-state index contributed by atoms with van der Waals surface area (Å²) in [7, 11) is 0. The van der Waals surface area contributed by atoms with E-state index in [2.05, 4.69) is 26.2 Å². The van der Waals surface area contributed by atoms with Crippen LogP contribution in [0.2, 0.25) is 0 Å². The summed E-state index contributed by atoms with van der Waals surface area (Å²) in [5.41, 5.74) is 0. The first kappa shape index (κ1) is 7.60. The van der Waals surface area contributed by atoms with Gasteiger partial charge in [-0.3, -0.25) is 0 Å². The maximum Gasteiger partial charge on any atom is 0.295 e. The molecule has 0 fully saturated rings. The quantitative estimate of drug-likeness (QED) is 0.804. The SMILES string of the molecule is CC(C)Nc1ncc(Br)o1. The predicted molar refractivity (Wildman–Crippen MR) is 43.0 cm³/mol. The van der Waals surface area contributed by atoms with Gasteiger partial charge in [0, 0.05) is 6.04 Å². The second-order valence-corrected chi connectivity index (χ2v) is 3.05. The van der Waals surface area contributed by atoms with Crippen LogP contribution in [0.25, 0.3) is 0 Å². The minimum Gasteiger partial charge on any atom is -0.417 e. The van der Waals surface area contributed by atoms with Crippen molar-refractivity contribution in [3.8, 4) is 0 Å². The number of aromatic nitrogens is 1. The molecule has 0 radical (unpaired) electrons. The Bertz CT molecular complexity index is 209. The van der Waals surface area contributed by atoms with Gasteiger partial charge in [-0.2, -0.15) is 0 Å². The van der Waals surface area contributed by atoms with E-state index >= 15 is 0 Å². The Balaban J connectivity index is 2.58. The van der Waals surface area contributed by atoms with Gasteiger partial charge >= 0.3 is 0 Å². The second kappa shape index (κ2) is 3.05. The monoisotopic (exact) mass is 204 g/mol. The van der Waals surface area contributed by atoms with Crippen LogP contribution in [0.4, 0.5) is 6.01 Å². The molecule has 4 heteroatoms. The molecule has 0 amide bonds. The van der Waals surface area contributed by atoms with Gasteiger partial charge < -0.3 is 9.73 Å². The molecule has 1 aromatic heterocycles. The van der Waals surface area contributed by atoms with Gasteiger partial charge in [-0.05, 0) is 29.8 Å². The number of hydrogen-bond acceptors (Lipinski definition) is 3. The van der Waals surface area contributed by atoms with Crippen molar-refractivity contribution < 1.29 is 4.42 Å². The highest BCUT2D eigenvalue weighted by molar-refractivity contribution is 9.10. The Labute approximate surface area is 68.0 Å². The molecule has 0 aromatic carbocycles. The molecule has 0 unspecified atom stereocenters. The lowest BCUT2D eigenvalue weighted by atomic mass is 10.4. The van der Waals surface area contributed by atoms with Crippen molar-refractivity contribution in [2.24, 2.45) is 0 Å². The molecule has 1 aromatic rings. The maximum atomic E-state index is 5.09. The fourth-order valence-electron chi connectivity index (χ4n) is 0.568. The smallest absolute Gasteiger partial charge is 0.295 e. The zero-order chi connectivity index (χ0) is 7.56. The summed E-state index contributed by atoms with van der Waals surface area (Å²) in [6, 6.07) is 0.910. The highest BCUT2D eigenvalue weighted by Gasteiger charge is 2.00. The molecule has 0 aliphatic rings. The number of hydrogen-bond donors (Lipinski definition) is 1. The molecular weight excluding hydrogens is 196 g/mol. The summed E-state index contributed by atoms with van der Waals surface area (Å²) >= 11 is 3.15. The van der Waals surface area contributed by atoms with Gasteiger partial charge in [0.1, 0.15) is 0 Å². The predicted octanol–water partition coefficient (Wildman–Crippen LogP) is 2.26. The lowest BCUT2D eigenvalue weighted by molar-refractivity contribution is 0.541. The van der Waals surface area contributed by atoms with Crippen molar-refractivity contribution in [2.75, 3.05) is 5.32 Å². The molecule has 0 aliphatic heterocycles. The molecule has 56 valence electrons. The zero-order valence-corrected chi connectivity index (χ0v) is 7.47. The third kappa shape index (κ3) is 2.02. The van der Waals surface area contributed by atoms with Gasteiger partial charge in [-0.25, -0.2) is 4.98 Å². The molecule has 0 atom stereocenters. The van der Waals surface area contributed by atoms with Crippen molar-refractivity contribution >= 4 is 21.9 Å². The maximum absolute atomic E-state index is 5.09. The second-order valence-electron chi connectivity index (χ2n) is 2.27. The van der Waals surface area contributed by atoms with E-state index in [9.17, 15) is 0 Å². The highest BCUT2D eigenvalue weighted by Crippen LogP contribution is 2.14. The Hall–Kier alpha value is -0.510. The van der Waals surface area contributed by atoms with Crippen molar-refractivity contribution in [1.82, 2.24) is 4.98 Å². The first-order valence-electron chi connectivity index (χ1n) is 3.06. The summed E-state index contributed by atoms with van der Waals surface area (Å²) in [5.74, 6) is 0. The lowest BCUT2D eigenvalue weighted by Crippen LogP contribution is -2.09. The van der Waals surface area contributed by atoms with E-state index in [1.807, 2.05) is 13.8 Å². The van der Waals surface area contributed by atoms with Crippen LogP contribution in [0, 0.1) is 0 Å². The van der Waals surface area contributed by atoms with Gasteiger partial charge in [-0.15, -0.1) is 0 Å². The van der Waals surface area contributed by atoms with E-state index < -0.39 is 0 Å². The average Bonchev–Trinajstić information content (AvgIpc) is 2.13. The molecule has 1 heterocycles. The van der Waals surface area contributed by atoms with E-state index in [4.69, 9.17) is 4.42 Å². The van der Waals surface area contributed by atoms with E-state index in [0.29, 0.717) is 16.7 Å². The van der Waals surface area contributed by atoms with Crippen molar-refractivity contribution in [3.63, 3.8) is 0 Å². The first-order valence-corrected chi connectivity index (χ1v) is 3.85. The fourth-order valence-corrected chi connectivity index (χ4v) is 0.824. The van der Waals surface area contributed by atoms with Gasteiger partial charge in [0.25, 0.3) is 6.01 Å². The van der Waals surface area contributed by atoms with E-state index in [-0.39, 0.29) is 0 Å². The molecular formula is C6H9BrN2O. The Morgan fingerprint density at radius 3 is 2.80 bits per heavy atom. The minimum atomic E-state index is 0.352. The van der Waals surface area contributed by atoms with E-state index in [1.165, 1.54) is 0 Å². The molecule has 0 saturated carbocycles. The van der Waals surface area contributed by atoms with Crippen molar-refractivity contribution in [1.29, 1.82) is 0 Å². The van der Waals surface area contributed by atoms with E-state index in [0.717, 1.165) is 0 Å². The molecule has 1 rings (SSSR count). The first-order chi connectivity index (χ1) is 4.68. The molecule has 0 saturated heterocycles. The zero-order valence-electron chi connectivity index (χ0n) is 5.89. The van der Waals surface area contributed by atoms with Crippen molar-refractivity contribution in [2.45, 2.75) is 19.9 Å². The van der Waals surface area contributed by atoms with Gasteiger partial charge in [0.05, 0.1) is 6.20 Å². The molecule has 0 aliphatic carbocycles. The van der Waals surface area contributed by atoms with Gasteiger partial charge in [-0.1, -0.05) is 0 Å². The number of rotatable bonds is 2. The number of oxazole rings is 1. The molecule has 3 nitrogen and oxygen atoms in total. The van der Waals surface area contributed by atoms with Gasteiger partial charge in [0.2, 0.25) is 0 Å². The molecule has 0 spiro atoms. The molecule has 0 bridgehead atoms. The van der Waals surface area contributed by atoms with Crippen LogP contribution in [-0.2, 0) is 0 Å². The van der Waals surface area contributed by atoms with Crippen LogP contribution >= 0.6 is 15.9 Å². The normalized spacial score (nSPS) is 10.4. The fraction of sp³-hybridized carbons (Fsp3) is 0.500. The Morgan fingerprint density at radius 2 is 2.40 bits per heavy atom. The molecule has 1 N–H and O–H groups in total. The largest absolute Gasteiger partial charge is 0.417 e. The highest BCUT2D eigenvalue weighted by atomic mass is 79.9. The number of halogens is 1. The standard InChI is InChI=1S/C6H9BrN2O/c1-4(2)9-6-8-3-5(7)10-6/h3-4H,1-2H3,(H,8,9). The summed E-state index contributed by atoms with van der Waals surface area (Å²) in [5, 5.41) is 3.02. The van der Waals surface area contributed by atoms with Crippen LogP contribution in [0.15, 0.2) is 15.3 Å².